The van der Waals surface area contributed by atoms with Crippen molar-refractivity contribution in [3.63, 3.8) is 0 Å². The predicted molar refractivity (Wildman–Crippen MR) is 97.2 cm³/mol. The van der Waals surface area contributed by atoms with Crippen LogP contribution in [0.15, 0.2) is 0 Å². The van der Waals surface area contributed by atoms with Crippen LogP contribution >= 0.6 is 0 Å². The molecule has 0 aromatic rings. The van der Waals surface area contributed by atoms with Crippen molar-refractivity contribution in [1.82, 2.24) is 0 Å². The maximum Gasteiger partial charge on any atom is 0.187 e. The molecule has 26 heavy (non-hydrogen) atoms. The van der Waals surface area contributed by atoms with Crippen LogP contribution in [-0.4, -0.2) is 51.6 Å². The summed E-state index contributed by atoms with van der Waals surface area (Å²) >= 11 is 0. The molecule has 3 aliphatic carbocycles. The number of hydrogen-bond acceptors (Lipinski definition) is 5. The molecule has 4 fully saturated rings. The summed E-state index contributed by atoms with van der Waals surface area (Å²) < 4.78 is 12.2. The first-order valence-corrected chi connectivity index (χ1v) is 10.5. The second kappa shape index (κ2) is 6.15. The summed E-state index contributed by atoms with van der Waals surface area (Å²) in [6, 6.07) is 0. The van der Waals surface area contributed by atoms with Crippen molar-refractivity contribution in [2.75, 3.05) is 0 Å². The monoisotopic (exact) mass is 368 g/mol. The summed E-state index contributed by atoms with van der Waals surface area (Å²) in [6.45, 7) is 11.0. The predicted octanol–water partition coefficient (Wildman–Crippen LogP) is 2.32. The highest BCUT2D eigenvalue weighted by atomic mass is 16.7. The third-order valence-electron chi connectivity index (χ3n) is 8.52. The van der Waals surface area contributed by atoms with Crippen LogP contribution in [0.1, 0.15) is 60.3 Å². The van der Waals surface area contributed by atoms with Crippen LogP contribution in [0.25, 0.3) is 0 Å². The van der Waals surface area contributed by atoms with Crippen molar-refractivity contribution < 1.29 is 24.8 Å². The topological polar surface area (TPSA) is 79.2 Å². The Hall–Kier alpha value is -0.200. The third kappa shape index (κ3) is 2.47. The van der Waals surface area contributed by atoms with Gasteiger partial charge in [-0.15, -0.1) is 0 Å². The van der Waals surface area contributed by atoms with E-state index in [4.69, 9.17) is 9.47 Å². The van der Waals surface area contributed by atoms with Crippen molar-refractivity contribution in [1.29, 1.82) is 0 Å². The van der Waals surface area contributed by atoms with E-state index < -0.39 is 30.7 Å². The summed E-state index contributed by atoms with van der Waals surface area (Å²) in [6.07, 6.45) is -0.184. The lowest BCUT2D eigenvalue weighted by Crippen LogP contribution is -2.59. The van der Waals surface area contributed by atoms with Crippen molar-refractivity contribution >= 4 is 0 Å². The average molecular weight is 369 g/mol. The van der Waals surface area contributed by atoms with Gasteiger partial charge in [0.2, 0.25) is 0 Å². The molecule has 0 bridgehead atoms. The molecule has 0 radical (unpaired) electrons. The summed E-state index contributed by atoms with van der Waals surface area (Å²) in [7, 11) is 0. The van der Waals surface area contributed by atoms with Crippen molar-refractivity contribution in [2.45, 2.75) is 96.6 Å². The molecule has 3 N–H and O–H groups in total. The van der Waals surface area contributed by atoms with E-state index in [0.717, 1.165) is 18.3 Å². The van der Waals surface area contributed by atoms with Crippen molar-refractivity contribution in [2.24, 2.45) is 35.0 Å². The van der Waals surface area contributed by atoms with Gasteiger partial charge in [-0.05, 0) is 74.5 Å². The Morgan fingerprint density at radius 2 is 1.69 bits per heavy atom. The van der Waals surface area contributed by atoms with E-state index >= 15 is 0 Å². The molecule has 1 heterocycles. The van der Waals surface area contributed by atoms with Gasteiger partial charge in [0, 0.05) is 0 Å². The highest BCUT2D eigenvalue weighted by molar-refractivity contribution is 5.26. The molecule has 0 aromatic carbocycles. The quantitative estimate of drug-likeness (QED) is 0.666. The van der Waals surface area contributed by atoms with Gasteiger partial charge in [-0.25, -0.2) is 0 Å². The minimum Gasteiger partial charge on any atom is -0.388 e. The molecule has 1 spiro atoms. The highest BCUT2D eigenvalue weighted by Gasteiger charge is 2.79. The highest BCUT2D eigenvalue weighted by Crippen LogP contribution is 2.81. The Kier molecular flexibility index (Phi) is 4.52. The average Bonchev–Trinajstić information content (AvgIpc) is 3.19. The van der Waals surface area contributed by atoms with Crippen LogP contribution in [0.2, 0.25) is 0 Å². The maximum absolute atomic E-state index is 10.4. The van der Waals surface area contributed by atoms with Gasteiger partial charge >= 0.3 is 0 Å². The third-order valence-corrected chi connectivity index (χ3v) is 8.52. The summed E-state index contributed by atoms with van der Waals surface area (Å²) in [5.74, 6) is 3.38. The fraction of sp³-hybridized carbons (Fsp3) is 1.00. The number of aliphatic hydroxyl groups excluding tert-OH is 3. The number of ether oxygens (including phenoxy) is 2. The largest absolute Gasteiger partial charge is 0.388 e. The lowest BCUT2D eigenvalue weighted by Gasteiger charge is -2.43. The van der Waals surface area contributed by atoms with Crippen molar-refractivity contribution in [3.05, 3.63) is 0 Å². The Balaban J connectivity index is 1.55. The molecule has 11 unspecified atom stereocenters. The molecule has 0 aromatic heterocycles. The first kappa shape index (κ1) is 19.1. The summed E-state index contributed by atoms with van der Waals surface area (Å²) in [4.78, 5) is 0. The molecule has 1 aliphatic heterocycles. The van der Waals surface area contributed by atoms with E-state index in [1.54, 1.807) is 6.92 Å². The van der Waals surface area contributed by atoms with Crippen LogP contribution in [0.5, 0.6) is 0 Å². The zero-order valence-corrected chi connectivity index (χ0v) is 16.8. The van der Waals surface area contributed by atoms with Gasteiger partial charge in [-0.2, -0.15) is 0 Å². The van der Waals surface area contributed by atoms with Gasteiger partial charge in [0.05, 0.1) is 11.7 Å². The molecule has 150 valence electrons. The summed E-state index contributed by atoms with van der Waals surface area (Å²) in [5, 5.41) is 30.4. The van der Waals surface area contributed by atoms with Crippen molar-refractivity contribution in [3.8, 4) is 0 Å². The van der Waals surface area contributed by atoms with E-state index in [-0.39, 0.29) is 5.60 Å². The van der Waals surface area contributed by atoms with Crippen LogP contribution in [0, 0.1) is 35.0 Å². The standard InChI is InChI=1S/C21H36O5/c1-10(2)13-7-6-11(3)21-9-8-20(5,18(21)14(13)21)26-19-17(24)16(23)15(22)12(4)25-19/h10-19,22-24H,6-9H2,1-5H3. The second-order valence-electron chi connectivity index (χ2n) is 10.1. The Morgan fingerprint density at radius 1 is 1.00 bits per heavy atom. The smallest absolute Gasteiger partial charge is 0.187 e. The minimum atomic E-state index is -1.23. The lowest BCUT2D eigenvalue weighted by atomic mass is 9.69. The first-order valence-electron chi connectivity index (χ1n) is 10.5. The molecule has 4 rings (SSSR count). The Bertz CT molecular complexity index is 553. The maximum atomic E-state index is 10.4. The zero-order chi connectivity index (χ0) is 19.0. The van der Waals surface area contributed by atoms with E-state index in [0.29, 0.717) is 23.2 Å². The SMILES string of the molecule is CC(C)C1CCC(C)C23CCC(C)(OC4OC(C)C(O)C(O)C4O)C2C13. The van der Waals surface area contributed by atoms with E-state index in [1.807, 2.05) is 0 Å². The Morgan fingerprint density at radius 3 is 2.35 bits per heavy atom. The molecule has 1 saturated heterocycles. The number of hydrogen-bond donors (Lipinski definition) is 3. The van der Waals surface area contributed by atoms with Gasteiger partial charge in [-0.1, -0.05) is 20.8 Å². The van der Waals surface area contributed by atoms with E-state index in [9.17, 15) is 15.3 Å². The van der Waals surface area contributed by atoms with Crippen LogP contribution in [-0.2, 0) is 9.47 Å². The van der Waals surface area contributed by atoms with Gasteiger partial charge in [-0.3, -0.25) is 0 Å². The minimum absolute atomic E-state index is 0.330. The molecule has 5 heteroatoms. The number of rotatable bonds is 3. The van der Waals surface area contributed by atoms with Gasteiger partial charge in [0.25, 0.3) is 0 Å². The van der Waals surface area contributed by atoms with E-state index in [1.165, 1.54) is 19.3 Å². The fourth-order valence-corrected chi connectivity index (χ4v) is 7.05. The summed E-state index contributed by atoms with van der Waals surface area (Å²) in [5.41, 5.74) is 0.0646. The Labute approximate surface area is 157 Å². The fourth-order valence-electron chi connectivity index (χ4n) is 7.05. The normalized spacial score (nSPS) is 59.2. The van der Waals surface area contributed by atoms with Crippen LogP contribution < -0.4 is 0 Å². The van der Waals surface area contributed by atoms with Gasteiger partial charge < -0.3 is 24.8 Å². The molecule has 4 aliphatic rings. The van der Waals surface area contributed by atoms with Gasteiger partial charge in [0.1, 0.15) is 18.3 Å². The number of fused-ring (bicyclic) bond motifs is 1. The molecule has 0 amide bonds. The second-order valence-corrected chi connectivity index (χ2v) is 10.1. The molecular weight excluding hydrogens is 332 g/mol. The van der Waals surface area contributed by atoms with E-state index in [2.05, 4.69) is 27.7 Å². The first-order chi connectivity index (χ1) is 12.1. The molecular formula is C21H36O5. The van der Waals surface area contributed by atoms with Crippen LogP contribution in [0.4, 0.5) is 0 Å². The zero-order valence-electron chi connectivity index (χ0n) is 16.8. The lowest BCUT2D eigenvalue weighted by molar-refractivity contribution is -0.321. The molecule has 5 nitrogen and oxygen atoms in total. The van der Waals surface area contributed by atoms with Gasteiger partial charge in [0.15, 0.2) is 6.29 Å². The molecule has 3 saturated carbocycles. The van der Waals surface area contributed by atoms with Crippen LogP contribution in [0.3, 0.4) is 0 Å². The molecule has 11 atom stereocenters. The number of aliphatic hydroxyl groups is 3.